The Morgan fingerprint density at radius 3 is 2.62 bits per heavy atom. The van der Waals surface area contributed by atoms with Crippen LogP contribution in [0.4, 0.5) is 11.8 Å². The number of fused-ring (bicyclic) bond motifs is 1. The van der Waals surface area contributed by atoms with E-state index in [4.69, 9.17) is 28.2 Å². The van der Waals surface area contributed by atoms with Crippen LogP contribution in [0, 0.1) is 0 Å². The van der Waals surface area contributed by atoms with E-state index in [9.17, 15) is 0 Å². The fourth-order valence-electron chi connectivity index (χ4n) is 3.39. The topological polar surface area (TPSA) is 49.8 Å². The van der Waals surface area contributed by atoms with Crippen molar-refractivity contribution in [2.24, 2.45) is 0 Å². The Morgan fingerprint density at radius 2 is 1.77 bits per heavy atom. The summed E-state index contributed by atoms with van der Waals surface area (Å²) in [6.45, 7) is 0.514. The Hall–Kier alpha value is -2.04. The smallest absolute Gasteiger partial charge is 0.225 e. The largest absolute Gasteiger partial charge is 0.367 e. The molecule has 0 unspecified atom stereocenters. The SMILES string of the molecule is Clc1cccc(CNc2nc(NC3CCCC3)c3ccccc3n2)c1Cl. The van der Waals surface area contributed by atoms with Crippen molar-refractivity contribution in [3.05, 3.63) is 58.1 Å². The fraction of sp³-hybridized carbons (Fsp3) is 0.300. The summed E-state index contributed by atoms with van der Waals surface area (Å²) in [5.74, 6) is 1.47. The molecule has 1 aliphatic carbocycles. The Morgan fingerprint density at radius 1 is 0.962 bits per heavy atom. The molecule has 3 aromatic rings. The standard InChI is InChI=1S/C20H20Cl2N4/c21-16-10-5-6-13(18(16)22)12-23-20-25-17-11-4-3-9-15(17)19(26-20)24-14-7-1-2-8-14/h3-6,9-11,14H,1-2,7-8,12H2,(H2,23,24,25,26). The van der Waals surface area contributed by atoms with Gasteiger partial charge in [0.2, 0.25) is 5.95 Å². The van der Waals surface area contributed by atoms with Gasteiger partial charge >= 0.3 is 0 Å². The number of hydrogen-bond donors (Lipinski definition) is 2. The lowest BCUT2D eigenvalue weighted by atomic mass is 10.2. The Labute approximate surface area is 162 Å². The molecule has 4 nitrogen and oxygen atoms in total. The van der Waals surface area contributed by atoms with Crippen LogP contribution in [0.15, 0.2) is 42.5 Å². The molecule has 0 radical (unpaired) electrons. The average Bonchev–Trinajstić information content (AvgIpc) is 3.16. The van der Waals surface area contributed by atoms with Crippen LogP contribution >= 0.6 is 23.2 Å². The van der Waals surface area contributed by atoms with Crippen LogP contribution in [-0.4, -0.2) is 16.0 Å². The first-order chi connectivity index (χ1) is 12.7. The highest BCUT2D eigenvalue weighted by atomic mass is 35.5. The summed E-state index contributed by atoms with van der Waals surface area (Å²) in [6, 6.07) is 14.2. The van der Waals surface area contributed by atoms with Crippen LogP contribution in [0.5, 0.6) is 0 Å². The molecule has 2 aromatic carbocycles. The number of nitrogens with one attached hydrogen (secondary N) is 2. The molecule has 0 saturated heterocycles. The molecule has 4 rings (SSSR count). The van der Waals surface area contributed by atoms with Crippen LogP contribution in [0.2, 0.25) is 10.0 Å². The molecule has 134 valence electrons. The molecule has 0 aliphatic heterocycles. The maximum atomic E-state index is 6.27. The lowest BCUT2D eigenvalue weighted by Crippen LogP contribution is -2.17. The molecule has 1 fully saturated rings. The minimum absolute atomic E-state index is 0.489. The molecular weight excluding hydrogens is 367 g/mol. The zero-order valence-electron chi connectivity index (χ0n) is 14.3. The predicted molar refractivity (Wildman–Crippen MR) is 109 cm³/mol. The van der Waals surface area contributed by atoms with Gasteiger partial charge in [0.25, 0.3) is 0 Å². The second kappa shape index (κ2) is 7.68. The zero-order chi connectivity index (χ0) is 17.9. The van der Waals surface area contributed by atoms with Crippen molar-refractivity contribution in [3.63, 3.8) is 0 Å². The maximum Gasteiger partial charge on any atom is 0.225 e. The van der Waals surface area contributed by atoms with Gasteiger partial charge in [0.05, 0.1) is 15.6 Å². The number of benzene rings is 2. The first-order valence-corrected chi connectivity index (χ1v) is 9.66. The van der Waals surface area contributed by atoms with Crippen LogP contribution in [-0.2, 0) is 6.54 Å². The molecule has 1 aliphatic rings. The third-order valence-corrected chi connectivity index (χ3v) is 5.63. The van der Waals surface area contributed by atoms with E-state index >= 15 is 0 Å². The number of anilines is 2. The molecule has 1 aromatic heterocycles. The van der Waals surface area contributed by atoms with Gasteiger partial charge in [-0.25, -0.2) is 4.98 Å². The number of para-hydroxylation sites is 1. The summed E-state index contributed by atoms with van der Waals surface area (Å²) >= 11 is 12.4. The van der Waals surface area contributed by atoms with Crippen LogP contribution in [0.25, 0.3) is 10.9 Å². The van der Waals surface area contributed by atoms with E-state index in [1.54, 1.807) is 6.07 Å². The van der Waals surface area contributed by atoms with E-state index in [0.29, 0.717) is 28.6 Å². The number of aromatic nitrogens is 2. The molecule has 1 heterocycles. The number of hydrogen-bond acceptors (Lipinski definition) is 4. The van der Waals surface area contributed by atoms with E-state index in [1.165, 1.54) is 25.7 Å². The van der Waals surface area contributed by atoms with Crippen molar-refractivity contribution < 1.29 is 0 Å². The molecule has 6 heteroatoms. The van der Waals surface area contributed by atoms with Crippen molar-refractivity contribution in [1.29, 1.82) is 0 Å². The first kappa shape index (κ1) is 17.4. The van der Waals surface area contributed by atoms with Gasteiger partial charge in [-0.1, -0.05) is 60.3 Å². The number of rotatable bonds is 5. The van der Waals surface area contributed by atoms with Gasteiger partial charge in [-0.05, 0) is 36.6 Å². The first-order valence-electron chi connectivity index (χ1n) is 8.91. The quantitative estimate of drug-likeness (QED) is 0.572. The van der Waals surface area contributed by atoms with Crippen LogP contribution in [0.3, 0.4) is 0 Å². The van der Waals surface area contributed by atoms with Crippen molar-refractivity contribution in [2.75, 3.05) is 10.6 Å². The molecule has 0 bridgehead atoms. The zero-order valence-corrected chi connectivity index (χ0v) is 15.8. The number of halogens is 2. The Balaban J connectivity index is 1.61. The molecule has 0 spiro atoms. The summed E-state index contributed by atoms with van der Waals surface area (Å²) in [5, 5.41) is 9.04. The summed E-state index contributed by atoms with van der Waals surface area (Å²) in [4.78, 5) is 9.36. The lowest BCUT2D eigenvalue weighted by Gasteiger charge is -2.16. The van der Waals surface area contributed by atoms with Crippen molar-refractivity contribution >= 4 is 45.9 Å². The molecule has 1 saturated carbocycles. The molecule has 2 N–H and O–H groups in total. The van der Waals surface area contributed by atoms with Gasteiger partial charge in [-0.3, -0.25) is 0 Å². The summed E-state index contributed by atoms with van der Waals surface area (Å²) in [5.41, 5.74) is 1.84. The van der Waals surface area contributed by atoms with Crippen molar-refractivity contribution in [2.45, 2.75) is 38.3 Å². The number of nitrogens with zero attached hydrogens (tertiary/aromatic N) is 2. The highest BCUT2D eigenvalue weighted by molar-refractivity contribution is 6.42. The van der Waals surface area contributed by atoms with Crippen molar-refractivity contribution in [1.82, 2.24) is 9.97 Å². The summed E-state index contributed by atoms with van der Waals surface area (Å²) in [6.07, 6.45) is 4.94. The van der Waals surface area contributed by atoms with Crippen LogP contribution in [0.1, 0.15) is 31.2 Å². The Bertz CT molecular complexity index is 923. The fourth-order valence-corrected chi connectivity index (χ4v) is 3.78. The van der Waals surface area contributed by atoms with Gasteiger partial charge < -0.3 is 10.6 Å². The van der Waals surface area contributed by atoms with Gasteiger partial charge in [0.15, 0.2) is 0 Å². The minimum atomic E-state index is 0.489. The van der Waals surface area contributed by atoms with E-state index in [-0.39, 0.29) is 0 Å². The highest BCUT2D eigenvalue weighted by Gasteiger charge is 2.17. The minimum Gasteiger partial charge on any atom is -0.367 e. The van der Waals surface area contributed by atoms with Gasteiger partial charge in [-0.2, -0.15) is 4.98 Å². The second-order valence-electron chi connectivity index (χ2n) is 6.61. The highest BCUT2D eigenvalue weighted by Crippen LogP contribution is 2.28. The molecule has 0 atom stereocenters. The third-order valence-electron chi connectivity index (χ3n) is 4.77. The summed E-state index contributed by atoms with van der Waals surface area (Å²) < 4.78 is 0. The average molecular weight is 387 g/mol. The van der Waals surface area contributed by atoms with Crippen molar-refractivity contribution in [3.8, 4) is 0 Å². The normalized spacial score (nSPS) is 14.7. The molecule has 26 heavy (non-hydrogen) atoms. The lowest BCUT2D eigenvalue weighted by molar-refractivity contribution is 0.751. The van der Waals surface area contributed by atoms with Crippen LogP contribution < -0.4 is 10.6 Å². The maximum absolute atomic E-state index is 6.27. The van der Waals surface area contributed by atoms with E-state index in [1.807, 2.05) is 30.3 Å². The second-order valence-corrected chi connectivity index (χ2v) is 7.39. The van der Waals surface area contributed by atoms with E-state index in [0.717, 1.165) is 22.3 Å². The molecular formula is C20H20Cl2N4. The monoisotopic (exact) mass is 386 g/mol. The third kappa shape index (κ3) is 3.71. The van der Waals surface area contributed by atoms with Gasteiger partial charge in [-0.15, -0.1) is 0 Å². The van der Waals surface area contributed by atoms with Gasteiger partial charge in [0, 0.05) is 18.0 Å². The molecule has 0 amide bonds. The predicted octanol–water partition coefficient (Wildman–Crippen LogP) is 5.90. The Kier molecular flexibility index (Phi) is 5.14. The van der Waals surface area contributed by atoms with E-state index in [2.05, 4.69) is 21.7 Å². The van der Waals surface area contributed by atoms with E-state index < -0.39 is 0 Å². The van der Waals surface area contributed by atoms with Gasteiger partial charge in [0.1, 0.15) is 5.82 Å². The summed E-state index contributed by atoms with van der Waals surface area (Å²) in [7, 11) is 0.